The highest BCUT2D eigenvalue weighted by molar-refractivity contribution is 5.07. The second kappa shape index (κ2) is 4.11. The summed E-state index contributed by atoms with van der Waals surface area (Å²) < 4.78 is 7.17. The normalized spacial score (nSPS) is 24.0. The van der Waals surface area contributed by atoms with Crippen molar-refractivity contribution >= 4 is 0 Å². The Balaban J connectivity index is 1.91. The van der Waals surface area contributed by atoms with Gasteiger partial charge in [0.25, 0.3) is 0 Å². The highest BCUT2D eigenvalue weighted by Gasteiger charge is 2.20. The largest absolute Gasteiger partial charge is 0.388 e. The quantitative estimate of drug-likeness (QED) is 0.785. The Hall–Kier alpha value is -0.870. The van der Waals surface area contributed by atoms with Gasteiger partial charge in [0.2, 0.25) is 0 Å². The van der Waals surface area contributed by atoms with E-state index < -0.39 is 6.10 Å². The third-order valence-electron chi connectivity index (χ3n) is 2.62. The Labute approximate surface area is 83.5 Å². The molecule has 2 rings (SSSR count). The van der Waals surface area contributed by atoms with Crippen LogP contribution in [0, 0.1) is 0 Å². The molecule has 0 saturated carbocycles. The molecule has 1 N–H and O–H groups in total. The van der Waals surface area contributed by atoms with Crippen LogP contribution >= 0.6 is 0 Å². The minimum atomic E-state index is -0.438. The molecule has 0 aromatic carbocycles. The van der Waals surface area contributed by atoms with Crippen LogP contribution in [-0.2, 0) is 11.8 Å². The maximum Gasteiger partial charge on any atom is 0.0845 e. The number of nitrogens with zero attached hydrogens (tertiary/aromatic N) is 2. The van der Waals surface area contributed by atoms with Gasteiger partial charge in [-0.05, 0) is 12.8 Å². The van der Waals surface area contributed by atoms with Gasteiger partial charge < -0.3 is 9.84 Å². The van der Waals surface area contributed by atoms with E-state index in [0.717, 1.165) is 25.0 Å². The van der Waals surface area contributed by atoms with E-state index in [9.17, 15) is 5.11 Å². The fourth-order valence-corrected chi connectivity index (χ4v) is 1.83. The minimum absolute atomic E-state index is 0.227. The van der Waals surface area contributed by atoms with E-state index in [4.69, 9.17) is 4.74 Å². The van der Waals surface area contributed by atoms with Crippen LogP contribution in [0.2, 0.25) is 0 Å². The Morgan fingerprint density at radius 1 is 1.79 bits per heavy atom. The van der Waals surface area contributed by atoms with E-state index in [1.54, 1.807) is 10.9 Å². The predicted molar refractivity (Wildman–Crippen MR) is 51.8 cm³/mol. The summed E-state index contributed by atoms with van der Waals surface area (Å²) in [6.45, 7) is 0.838. The van der Waals surface area contributed by atoms with Crippen LogP contribution in [0.1, 0.15) is 30.9 Å². The fourth-order valence-electron chi connectivity index (χ4n) is 1.83. The smallest absolute Gasteiger partial charge is 0.0845 e. The molecule has 14 heavy (non-hydrogen) atoms. The molecule has 4 heteroatoms. The molecule has 1 fully saturated rings. The lowest BCUT2D eigenvalue weighted by atomic mass is 10.1. The third-order valence-corrected chi connectivity index (χ3v) is 2.62. The van der Waals surface area contributed by atoms with Gasteiger partial charge >= 0.3 is 0 Å². The zero-order valence-corrected chi connectivity index (χ0v) is 8.39. The fraction of sp³-hybridized carbons (Fsp3) is 0.700. The van der Waals surface area contributed by atoms with Crippen molar-refractivity contribution in [1.82, 2.24) is 9.78 Å². The van der Waals surface area contributed by atoms with Gasteiger partial charge in [0.05, 0.1) is 18.4 Å². The SMILES string of the molecule is Cn1cc(C(O)CC2CCCO2)cn1. The number of aryl methyl sites for hydroxylation is 1. The lowest BCUT2D eigenvalue weighted by molar-refractivity contribution is 0.0535. The van der Waals surface area contributed by atoms with Gasteiger partial charge in [0.1, 0.15) is 0 Å². The number of aliphatic hydroxyl groups excluding tert-OH is 1. The molecule has 2 unspecified atom stereocenters. The van der Waals surface area contributed by atoms with Crippen LogP contribution in [0.25, 0.3) is 0 Å². The minimum Gasteiger partial charge on any atom is -0.388 e. The maximum atomic E-state index is 9.86. The van der Waals surface area contributed by atoms with Crippen molar-refractivity contribution in [1.29, 1.82) is 0 Å². The van der Waals surface area contributed by atoms with Crippen LogP contribution in [0.15, 0.2) is 12.4 Å². The molecule has 1 aromatic heterocycles. The zero-order valence-electron chi connectivity index (χ0n) is 8.39. The molecule has 1 aromatic rings. The van der Waals surface area contributed by atoms with Gasteiger partial charge in [-0.2, -0.15) is 5.10 Å². The zero-order chi connectivity index (χ0) is 9.97. The second-order valence-corrected chi connectivity index (χ2v) is 3.83. The maximum absolute atomic E-state index is 9.86. The van der Waals surface area contributed by atoms with Gasteiger partial charge in [0.15, 0.2) is 0 Å². The van der Waals surface area contributed by atoms with Crippen molar-refractivity contribution in [3.63, 3.8) is 0 Å². The van der Waals surface area contributed by atoms with Crippen molar-refractivity contribution in [2.75, 3.05) is 6.61 Å². The highest BCUT2D eigenvalue weighted by atomic mass is 16.5. The molecule has 0 bridgehead atoms. The molecule has 0 spiro atoms. The standard InChI is InChI=1S/C10H16N2O2/c1-12-7-8(6-11-12)10(13)5-9-3-2-4-14-9/h6-7,9-10,13H,2-5H2,1H3. The summed E-state index contributed by atoms with van der Waals surface area (Å²) in [7, 11) is 1.85. The van der Waals surface area contributed by atoms with Crippen molar-refractivity contribution in [2.45, 2.75) is 31.5 Å². The van der Waals surface area contributed by atoms with Crippen LogP contribution in [0.3, 0.4) is 0 Å². The van der Waals surface area contributed by atoms with Crippen molar-refractivity contribution < 1.29 is 9.84 Å². The molecule has 2 heterocycles. The van der Waals surface area contributed by atoms with Crippen LogP contribution < -0.4 is 0 Å². The molecule has 4 nitrogen and oxygen atoms in total. The first kappa shape index (κ1) is 9.68. The summed E-state index contributed by atoms with van der Waals surface area (Å²) in [5.41, 5.74) is 0.878. The summed E-state index contributed by atoms with van der Waals surface area (Å²) in [5.74, 6) is 0. The number of hydrogen-bond acceptors (Lipinski definition) is 3. The molecule has 1 aliphatic heterocycles. The summed E-state index contributed by atoms with van der Waals surface area (Å²) in [6.07, 6.45) is 6.21. The molecule has 2 atom stereocenters. The topological polar surface area (TPSA) is 47.3 Å². The molecule has 0 radical (unpaired) electrons. The molecule has 78 valence electrons. The number of aromatic nitrogens is 2. The highest BCUT2D eigenvalue weighted by Crippen LogP contribution is 2.24. The third kappa shape index (κ3) is 2.13. The summed E-state index contributed by atoms with van der Waals surface area (Å²) in [5, 5.41) is 13.9. The predicted octanol–water partition coefficient (Wildman–Crippen LogP) is 1.02. The lowest BCUT2D eigenvalue weighted by Gasteiger charge is -2.13. The molecular formula is C10H16N2O2. The molecule has 0 amide bonds. The Bertz CT molecular complexity index is 292. The first-order chi connectivity index (χ1) is 6.75. The van der Waals surface area contributed by atoms with Crippen LogP contribution in [-0.4, -0.2) is 27.6 Å². The molecular weight excluding hydrogens is 180 g/mol. The Morgan fingerprint density at radius 3 is 3.21 bits per heavy atom. The van der Waals surface area contributed by atoms with E-state index in [1.807, 2.05) is 13.2 Å². The van der Waals surface area contributed by atoms with E-state index in [2.05, 4.69) is 5.10 Å². The Morgan fingerprint density at radius 2 is 2.64 bits per heavy atom. The molecule has 1 saturated heterocycles. The average molecular weight is 196 g/mol. The van der Waals surface area contributed by atoms with Gasteiger partial charge in [0, 0.05) is 31.8 Å². The first-order valence-corrected chi connectivity index (χ1v) is 5.04. The number of ether oxygens (including phenoxy) is 1. The van der Waals surface area contributed by atoms with Gasteiger partial charge in [-0.3, -0.25) is 4.68 Å². The van der Waals surface area contributed by atoms with Gasteiger partial charge in [-0.15, -0.1) is 0 Å². The molecule has 0 aliphatic carbocycles. The van der Waals surface area contributed by atoms with Crippen LogP contribution in [0.5, 0.6) is 0 Å². The van der Waals surface area contributed by atoms with Crippen molar-refractivity contribution in [2.24, 2.45) is 7.05 Å². The average Bonchev–Trinajstić information content (AvgIpc) is 2.75. The monoisotopic (exact) mass is 196 g/mol. The summed E-state index contributed by atoms with van der Waals surface area (Å²) in [6, 6.07) is 0. The van der Waals surface area contributed by atoms with E-state index >= 15 is 0 Å². The second-order valence-electron chi connectivity index (χ2n) is 3.83. The number of hydrogen-bond donors (Lipinski definition) is 1. The van der Waals surface area contributed by atoms with E-state index in [-0.39, 0.29) is 6.10 Å². The summed E-state index contributed by atoms with van der Waals surface area (Å²) >= 11 is 0. The van der Waals surface area contributed by atoms with Gasteiger partial charge in [-0.25, -0.2) is 0 Å². The number of aliphatic hydroxyl groups is 1. The summed E-state index contributed by atoms with van der Waals surface area (Å²) in [4.78, 5) is 0. The van der Waals surface area contributed by atoms with E-state index in [1.165, 1.54) is 0 Å². The van der Waals surface area contributed by atoms with Crippen molar-refractivity contribution in [3.8, 4) is 0 Å². The van der Waals surface area contributed by atoms with E-state index in [0.29, 0.717) is 6.42 Å². The van der Waals surface area contributed by atoms with Crippen molar-refractivity contribution in [3.05, 3.63) is 18.0 Å². The molecule has 1 aliphatic rings. The Kier molecular flexibility index (Phi) is 2.84. The first-order valence-electron chi connectivity index (χ1n) is 5.04. The van der Waals surface area contributed by atoms with Crippen LogP contribution in [0.4, 0.5) is 0 Å². The number of rotatable bonds is 3. The lowest BCUT2D eigenvalue weighted by Crippen LogP contribution is -2.10. The van der Waals surface area contributed by atoms with Gasteiger partial charge in [-0.1, -0.05) is 0 Å².